The van der Waals surface area contributed by atoms with E-state index < -0.39 is 10.0 Å². The Morgan fingerprint density at radius 2 is 1.58 bits per heavy atom. The lowest BCUT2D eigenvalue weighted by Gasteiger charge is -2.23. The first-order valence-electron chi connectivity index (χ1n) is 9.89. The predicted octanol–water partition coefficient (Wildman–Crippen LogP) is 4.33. The molecule has 0 saturated carbocycles. The maximum Gasteiger partial charge on any atom is 0.251 e. The number of nitrogens with zero attached hydrogens (tertiary/aromatic N) is 1. The van der Waals surface area contributed by atoms with Crippen LogP contribution in [0.15, 0.2) is 78.9 Å². The summed E-state index contributed by atoms with van der Waals surface area (Å²) in [6.07, 6.45) is 1.11. The van der Waals surface area contributed by atoms with Crippen LogP contribution in [0.1, 0.15) is 34.3 Å². The number of carbonyl (C=O) groups is 1. The number of sulfonamides is 1. The van der Waals surface area contributed by atoms with Crippen molar-refractivity contribution >= 4 is 21.6 Å². The number of carbonyl (C=O) groups excluding carboxylic acids is 1. The Morgan fingerprint density at radius 3 is 2.16 bits per heavy atom. The Hall–Kier alpha value is -3.19. The molecule has 0 spiro atoms. The van der Waals surface area contributed by atoms with Gasteiger partial charge in [-0.05, 0) is 53.4 Å². The Bertz CT molecular complexity index is 1120. The maximum atomic E-state index is 13.1. The first-order chi connectivity index (χ1) is 14.7. The molecule has 5 nitrogen and oxygen atoms in total. The van der Waals surface area contributed by atoms with Crippen LogP contribution in [-0.2, 0) is 16.6 Å². The van der Waals surface area contributed by atoms with Crippen molar-refractivity contribution in [2.24, 2.45) is 0 Å². The summed E-state index contributed by atoms with van der Waals surface area (Å²) in [5.41, 5.74) is 2.67. The van der Waals surface area contributed by atoms with Crippen molar-refractivity contribution < 1.29 is 17.6 Å². The van der Waals surface area contributed by atoms with E-state index in [4.69, 9.17) is 0 Å². The lowest BCUT2D eigenvalue weighted by molar-refractivity contribution is 0.0951. The van der Waals surface area contributed by atoms with E-state index in [1.807, 2.05) is 37.3 Å². The van der Waals surface area contributed by atoms with Gasteiger partial charge in [-0.25, -0.2) is 12.8 Å². The zero-order valence-corrected chi connectivity index (χ0v) is 18.3. The van der Waals surface area contributed by atoms with E-state index in [1.54, 1.807) is 36.4 Å². The van der Waals surface area contributed by atoms with Gasteiger partial charge in [-0.1, -0.05) is 49.4 Å². The van der Waals surface area contributed by atoms with Gasteiger partial charge in [0, 0.05) is 12.1 Å². The fourth-order valence-corrected chi connectivity index (χ4v) is 4.07. The highest BCUT2D eigenvalue weighted by molar-refractivity contribution is 7.92. The summed E-state index contributed by atoms with van der Waals surface area (Å²) in [6.45, 7) is 2.60. The lowest BCUT2D eigenvalue weighted by Crippen LogP contribution is -2.30. The second-order valence-electron chi connectivity index (χ2n) is 7.46. The van der Waals surface area contributed by atoms with E-state index in [0.29, 0.717) is 23.4 Å². The molecule has 0 saturated heterocycles. The summed E-state index contributed by atoms with van der Waals surface area (Å²) in [7, 11) is -3.57. The summed E-state index contributed by atoms with van der Waals surface area (Å²) >= 11 is 0. The van der Waals surface area contributed by atoms with Gasteiger partial charge >= 0.3 is 0 Å². The number of halogens is 1. The molecule has 3 aromatic carbocycles. The number of hydrogen-bond donors (Lipinski definition) is 1. The smallest absolute Gasteiger partial charge is 0.251 e. The summed E-state index contributed by atoms with van der Waals surface area (Å²) in [6, 6.07) is 22.0. The van der Waals surface area contributed by atoms with Gasteiger partial charge in [0.2, 0.25) is 10.0 Å². The van der Waals surface area contributed by atoms with Crippen LogP contribution in [0, 0.1) is 5.82 Å². The van der Waals surface area contributed by atoms with Gasteiger partial charge in [-0.3, -0.25) is 9.10 Å². The number of rotatable bonds is 8. The van der Waals surface area contributed by atoms with E-state index in [0.717, 1.165) is 11.8 Å². The van der Waals surface area contributed by atoms with Crippen LogP contribution in [0.4, 0.5) is 10.1 Å². The molecule has 3 rings (SSSR count). The second kappa shape index (κ2) is 9.75. The van der Waals surface area contributed by atoms with Crippen molar-refractivity contribution in [3.63, 3.8) is 0 Å². The van der Waals surface area contributed by atoms with Crippen LogP contribution in [0.25, 0.3) is 0 Å². The van der Waals surface area contributed by atoms with Crippen molar-refractivity contribution in [1.82, 2.24) is 5.32 Å². The summed E-state index contributed by atoms with van der Waals surface area (Å²) in [4.78, 5) is 12.5. The molecule has 31 heavy (non-hydrogen) atoms. The largest absolute Gasteiger partial charge is 0.351 e. The fraction of sp³-hybridized carbons (Fsp3) is 0.208. The van der Waals surface area contributed by atoms with Gasteiger partial charge < -0.3 is 5.32 Å². The molecule has 0 radical (unpaired) electrons. The molecule has 1 N–H and O–H groups in total. The Morgan fingerprint density at radius 1 is 0.968 bits per heavy atom. The van der Waals surface area contributed by atoms with Gasteiger partial charge in [0.15, 0.2) is 0 Å². The van der Waals surface area contributed by atoms with Gasteiger partial charge in [0.05, 0.1) is 18.5 Å². The first kappa shape index (κ1) is 22.5. The number of hydrogen-bond acceptors (Lipinski definition) is 3. The number of anilines is 1. The topological polar surface area (TPSA) is 66.5 Å². The molecule has 0 aliphatic carbocycles. The van der Waals surface area contributed by atoms with E-state index >= 15 is 0 Å². The van der Waals surface area contributed by atoms with E-state index in [1.165, 1.54) is 16.4 Å². The number of amides is 1. The van der Waals surface area contributed by atoms with Gasteiger partial charge in [-0.15, -0.1) is 0 Å². The van der Waals surface area contributed by atoms with Crippen LogP contribution in [0.3, 0.4) is 0 Å². The molecule has 0 aliphatic rings. The van der Waals surface area contributed by atoms with Crippen molar-refractivity contribution in [3.8, 4) is 0 Å². The highest BCUT2D eigenvalue weighted by Crippen LogP contribution is 2.22. The Kier molecular flexibility index (Phi) is 7.07. The molecule has 1 amide bonds. The molecule has 0 unspecified atom stereocenters. The molecule has 0 aliphatic heterocycles. The highest BCUT2D eigenvalue weighted by atomic mass is 32.2. The average molecular weight is 441 g/mol. The molecular formula is C24H25FN2O3S. The monoisotopic (exact) mass is 440 g/mol. The Labute approximate surface area is 182 Å². The van der Waals surface area contributed by atoms with Gasteiger partial charge in [0.25, 0.3) is 5.91 Å². The quantitative estimate of drug-likeness (QED) is 0.567. The fourth-order valence-electron chi connectivity index (χ4n) is 3.18. The standard InChI is InChI=1S/C24H25FN2O3S/c1-18(20-6-4-3-5-7-20)16-26-24(28)21-10-14-23(15-11-21)27(31(2,29)30)17-19-8-12-22(25)13-9-19/h3-15,18H,16-17H2,1-2H3,(H,26,28)/t18-/m0/s1. The molecule has 3 aromatic rings. The van der Waals surface area contributed by atoms with Gasteiger partial charge in [-0.2, -0.15) is 0 Å². The molecule has 1 atom stereocenters. The van der Waals surface area contributed by atoms with Crippen molar-refractivity contribution in [1.29, 1.82) is 0 Å². The molecule has 7 heteroatoms. The summed E-state index contributed by atoms with van der Waals surface area (Å²) < 4.78 is 39.0. The first-order valence-corrected chi connectivity index (χ1v) is 11.7. The summed E-state index contributed by atoms with van der Waals surface area (Å²) in [5, 5.41) is 2.91. The third-order valence-corrected chi connectivity index (χ3v) is 6.14. The SMILES string of the molecule is C[C@@H](CNC(=O)c1ccc(N(Cc2ccc(F)cc2)S(C)(=O)=O)cc1)c1ccccc1. The Balaban J connectivity index is 1.69. The third kappa shape index (κ3) is 6.15. The zero-order valence-electron chi connectivity index (χ0n) is 17.5. The molecule has 0 heterocycles. The van der Waals surface area contributed by atoms with Crippen LogP contribution in [0.5, 0.6) is 0 Å². The normalized spacial score (nSPS) is 12.2. The zero-order chi connectivity index (χ0) is 22.4. The third-order valence-electron chi connectivity index (χ3n) is 4.99. The minimum absolute atomic E-state index is 0.0687. The predicted molar refractivity (Wildman–Crippen MR) is 121 cm³/mol. The second-order valence-corrected chi connectivity index (χ2v) is 9.37. The maximum absolute atomic E-state index is 13.1. The van der Waals surface area contributed by atoms with Crippen LogP contribution >= 0.6 is 0 Å². The minimum atomic E-state index is -3.57. The van der Waals surface area contributed by atoms with E-state index in [-0.39, 0.29) is 24.2 Å². The molecular weight excluding hydrogens is 415 g/mol. The summed E-state index contributed by atoms with van der Waals surface area (Å²) in [5.74, 6) is -0.439. The average Bonchev–Trinajstić information content (AvgIpc) is 2.77. The van der Waals surface area contributed by atoms with Crippen LogP contribution in [0.2, 0.25) is 0 Å². The lowest BCUT2D eigenvalue weighted by atomic mass is 10.0. The van der Waals surface area contributed by atoms with Crippen LogP contribution < -0.4 is 9.62 Å². The minimum Gasteiger partial charge on any atom is -0.351 e. The number of nitrogens with one attached hydrogen (secondary N) is 1. The van der Waals surface area contributed by atoms with Crippen molar-refractivity contribution in [2.45, 2.75) is 19.4 Å². The molecule has 0 aromatic heterocycles. The molecule has 162 valence electrons. The number of benzene rings is 3. The molecule has 0 bridgehead atoms. The van der Waals surface area contributed by atoms with Crippen molar-refractivity contribution in [3.05, 3.63) is 101 Å². The van der Waals surface area contributed by atoms with Gasteiger partial charge in [0.1, 0.15) is 5.82 Å². The van der Waals surface area contributed by atoms with Crippen LogP contribution in [-0.4, -0.2) is 27.1 Å². The van der Waals surface area contributed by atoms with E-state index in [9.17, 15) is 17.6 Å². The highest BCUT2D eigenvalue weighted by Gasteiger charge is 2.19. The van der Waals surface area contributed by atoms with E-state index in [2.05, 4.69) is 5.32 Å². The van der Waals surface area contributed by atoms with Crippen molar-refractivity contribution in [2.75, 3.05) is 17.1 Å². The molecule has 0 fully saturated rings.